The van der Waals surface area contributed by atoms with Gasteiger partial charge in [0, 0.05) is 36.2 Å². The van der Waals surface area contributed by atoms with Crippen LogP contribution < -0.4 is 21.1 Å². The van der Waals surface area contributed by atoms with Gasteiger partial charge in [-0.05, 0) is 49.4 Å². The Morgan fingerprint density at radius 3 is 2.41 bits per heavy atom. The average Bonchev–Trinajstić information content (AvgIpc) is 3.07. The number of sulfonamides is 1. The van der Waals surface area contributed by atoms with E-state index in [-0.39, 0.29) is 17.5 Å². The molecule has 9 nitrogen and oxygen atoms in total. The molecule has 0 spiro atoms. The minimum Gasteiger partial charge on any atom is -0.340 e. The monoisotopic (exact) mass is 497 g/mol. The van der Waals surface area contributed by atoms with Crippen LogP contribution in [-0.4, -0.2) is 37.5 Å². The van der Waals surface area contributed by atoms with E-state index in [0.29, 0.717) is 26.8 Å². The van der Waals surface area contributed by atoms with E-state index in [1.807, 2.05) is 4.72 Å². The van der Waals surface area contributed by atoms with Crippen molar-refractivity contribution >= 4 is 61.8 Å². The van der Waals surface area contributed by atoms with Gasteiger partial charge < -0.3 is 20.9 Å². The maximum absolute atomic E-state index is 12.8. The molecule has 0 aliphatic carbocycles. The molecule has 5 N–H and O–H groups in total. The van der Waals surface area contributed by atoms with Gasteiger partial charge in [-0.15, -0.1) is 0 Å². The van der Waals surface area contributed by atoms with Crippen molar-refractivity contribution in [3.63, 3.8) is 0 Å². The number of nitrogens with one attached hydrogen (secondary N) is 3. The lowest BCUT2D eigenvalue weighted by molar-refractivity contribution is 0.101. The molecule has 1 atom stereocenters. The second kappa shape index (κ2) is 9.37. The first-order valence-corrected chi connectivity index (χ1v) is 11.7. The van der Waals surface area contributed by atoms with Gasteiger partial charge in [-0.2, -0.15) is 0 Å². The zero-order valence-electron chi connectivity index (χ0n) is 17.1. The van der Waals surface area contributed by atoms with Gasteiger partial charge >= 0.3 is 6.03 Å². The molecule has 0 bridgehead atoms. The first-order valence-electron chi connectivity index (χ1n) is 9.41. The molecule has 2 aromatic carbocycles. The summed E-state index contributed by atoms with van der Waals surface area (Å²) in [5.41, 5.74) is 6.84. The summed E-state index contributed by atoms with van der Waals surface area (Å²) < 4.78 is 28.3. The molecule has 3 aromatic rings. The maximum atomic E-state index is 12.8. The highest BCUT2D eigenvalue weighted by molar-refractivity contribution is 7.90. The largest absolute Gasteiger partial charge is 0.340 e. The van der Waals surface area contributed by atoms with Crippen LogP contribution in [0.3, 0.4) is 0 Å². The summed E-state index contributed by atoms with van der Waals surface area (Å²) in [5, 5.41) is 6.48. The lowest BCUT2D eigenvalue weighted by atomic mass is 10.2. The fourth-order valence-electron chi connectivity index (χ4n) is 2.97. The molecular weight excluding hydrogens is 477 g/mol. The van der Waals surface area contributed by atoms with Crippen LogP contribution in [0.1, 0.15) is 17.4 Å². The Morgan fingerprint density at radius 2 is 1.78 bits per heavy atom. The summed E-state index contributed by atoms with van der Waals surface area (Å²) in [6.07, 6.45) is 0. The van der Waals surface area contributed by atoms with Crippen molar-refractivity contribution in [2.45, 2.75) is 17.9 Å². The zero-order chi connectivity index (χ0) is 23.6. The van der Waals surface area contributed by atoms with Crippen LogP contribution in [0.25, 0.3) is 10.9 Å². The Bertz CT molecular complexity index is 1290. The summed E-state index contributed by atoms with van der Waals surface area (Å²) in [6.45, 7) is 1.81. The zero-order valence-corrected chi connectivity index (χ0v) is 19.5. The summed E-state index contributed by atoms with van der Waals surface area (Å²) in [7, 11) is -2.37. The van der Waals surface area contributed by atoms with Crippen LogP contribution in [0.4, 0.5) is 10.5 Å². The van der Waals surface area contributed by atoms with Crippen molar-refractivity contribution in [1.82, 2.24) is 14.6 Å². The smallest absolute Gasteiger partial charge is 0.328 e. The van der Waals surface area contributed by atoms with E-state index in [0.717, 1.165) is 5.52 Å². The molecule has 1 unspecified atom stereocenters. The predicted molar refractivity (Wildman–Crippen MR) is 125 cm³/mol. The average molecular weight is 498 g/mol. The van der Waals surface area contributed by atoms with Crippen LogP contribution >= 0.6 is 23.2 Å². The van der Waals surface area contributed by atoms with Crippen LogP contribution in [-0.2, 0) is 17.1 Å². The van der Waals surface area contributed by atoms with Gasteiger partial charge in [-0.25, -0.2) is 17.9 Å². The number of amides is 3. The molecule has 1 heterocycles. The van der Waals surface area contributed by atoms with Crippen molar-refractivity contribution in [1.29, 1.82) is 0 Å². The standard InChI is InChI=1S/C20H21Cl2N5O4S/c1-11(10-23)24-20(29)26-32(30,31)13-5-3-12(4-6-13)25-19(28)17-9-14-16(27(17)2)8-7-15(21)18(14)22/h3-9,11H,10,23H2,1-2H3,(H,25,28)(H2,24,26,29). The topological polar surface area (TPSA) is 135 Å². The van der Waals surface area contributed by atoms with E-state index in [1.165, 1.54) is 24.3 Å². The van der Waals surface area contributed by atoms with E-state index in [9.17, 15) is 18.0 Å². The number of aromatic nitrogens is 1. The van der Waals surface area contributed by atoms with E-state index in [2.05, 4.69) is 10.6 Å². The molecule has 0 aliphatic rings. The summed E-state index contributed by atoms with van der Waals surface area (Å²) in [5.74, 6) is -0.417. The van der Waals surface area contributed by atoms with Gasteiger partial charge in [-0.1, -0.05) is 23.2 Å². The number of nitrogens with zero attached hydrogens (tertiary/aromatic N) is 1. The second-order valence-electron chi connectivity index (χ2n) is 7.08. The summed E-state index contributed by atoms with van der Waals surface area (Å²) in [6, 6.07) is 9.15. The van der Waals surface area contributed by atoms with Crippen LogP contribution in [0.15, 0.2) is 47.4 Å². The molecule has 0 aliphatic heterocycles. The van der Waals surface area contributed by atoms with Gasteiger partial charge in [0.25, 0.3) is 15.9 Å². The van der Waals surface area contributed by atoms with Gasteiger partial charge in [-0.3, -0.25) is 4.79 Å². The minimum atomic E-state index is -4.09. The first kappa shape index (κ1) is 23.9. The van der Waals surface area contributed by atoms with E-state index in [4.69, 9.17) is 28.9 Å². The molecule has 3 amide bonds. The van der Waals surface area contributed by atoms with E-state index < -0.39 is 22.0 Å². The number of hydrogen-bond donors (Lipinski definition) is 4. The van der Waals surface area contributed by atoms with Gasteiger partial charge in [0.1, 0.15) is 5.69 Å². The molecule has 1 aromatic heterocycles. The number of nitrogens with two attached hydrogens (primary N) is 1. The first-order chi connectivity index (χ1) is 15.0. The molecular formula is C20H21Cl2N5O4S. The van der Waals surface area contributed by atoms with Crippen molar-refractivity contribution in [2.75, 3.05) is 11.9 Å². The minimum absolute atomic E-state index is 0.142. The number of carbonyl (C=O) groups is 2. The normalized spacial score (nSPS) is 12.4. The van der Waals surface area contributed by atoms with Crippen molar-refractivity contribution in [3.8, 4) is 0 Å². The highest BCUT2D eigenvalue weighted by Crippen LogP contribution is 2.32. The lowest BCUT2D eigenvalue weighted by Gasteiger charge is -2.13. The molecule has 0 saturated heterocycles. The summed E-state index contributed by atoms with van der Waals surface area (Å²) >= 11 is 12.3. The maximum Gasteiger partial charge on any atom is 0.328 e. The number of aryl methyl sites for hydroxylation is 1. The molecule has 0 saturated carbocycles. The van der Waals surface area contributed by atoms with Crippen molar-refractivity contribution in [2.24, 2.45) is 12.8 Å². The van der Waals surface area contributed by atoms with Crippen LogP contribution in [0.5, 0.6) is 0 Å². The van der Waals surface area contributed by atoms with Gasteiger partial charge in [0.15, 0.2) is 0 Å². The molecule has 3 rings (SSSR count). The number of halogens is 2. The number of urea groups is 1. The highest BCUT2D eigenvalue weighted by atomic mass is 35.5. The highest BCUT2D eigenvalue weighted by Gasteiger charge is 2.20. The number of benzene rings is 2. The van der Waals surface area contributed by atoms with Crippen molar-refractivity contribution < 1.29 is 18.0 Å². The summed E-state index contributed by atoms with van der Waals surface area (Å²) in [4.78, 5) is 24.4. The van der Waals surface area contributed by atoms with Gasteiger partial charge in [0.2, 0.25) is 0 Å². The van der Waals surface area contributed by atoms with E-state index >= 15 is 0 Å². The third-order valence-corrected chi connectivity index (χ3v) is 6.89. The number of rotatable bonds is 6. The Morgan fingerprint density at radius 1 is 1.12 bits per heavy atom. The number of fused-ring (bicyclic) bond motifs is 1. The third kappa shape index (κ3) is 4.99. The lowest BCUT2D eigenvalue weighted by Crippen LogP contribution is -2.45. The molecule has 0 fully saturated rings. The number of anilines is 1. The molecule has 32 heavy (non-hydrogen) atoms. The third-order valence-electron chi connectivity index (χ3n) is 4.73. The van der Waals surface area contributed by atoms with Crippen LogP contribution in [0, 0.1) is 0 Å². The Hall–Kier alpha value is -2.79. The second-order valence-corrected chi connectivity index (χ2v) is 9.54. The van der Waals surface area contributed by atoms with Gasteiger partial charge in [0.05, 0.1) is 14.9 Å². The van der Waals surface area contributed by atoms with E-state index in [1.54, 1.807) is 36.7 Å². The fourth-order valence-corrected chi connectivity index (χ4v) is 4.27. The number of carbonyl (C=O) groups excluding carboxylic acids is 2. The molecule has 0 radical (unpaired) electrons. The quantitative estimate of drug-likeness (QED) is 0.414. The number of hydrogen-bond acceptors (Lipinski definition) is 5. The SMILES string of the molecule is CC(CN)NC(=O)NS(=O)(=O)c1ccc(NC(=O)c2cc3c(Cl)c(Cl)ccc3n2C)cc1. The van der Waals surface area contributed by atoms with Crippen LogP contribution in [0.2, 0.25) is 10.0 Å². The Kier molecular flexibility index (Phi) is 6.99. The predicted octanol–water partition coefficient (Wildman–Crippen LogP) is 3.07. The molecule has 12 heteroatoms. The molecule has 170 valence electrons. The fraction of sp³-hybridized carbons (Fsp3) is 0.200. The Balaban J connectivity index is 1.75. The Labute approximate surface area is 194 Å². The van der Waals surface area contributed by atoms with Crippen molar-refractivity contribution in [3.05, 3.63) is 58.2 Å².